The molecule has 0 aromatic heterocycles. The van der Waals surface area contributed by atoms with Crippen molar-refractivity contribution in [1.29, 1.82) is 0 Å². The Morgan fingerprint density at radius 3 is 2.78 bits per heavy atom. The van der Waals surface area contributed by atoms with Gasteiger partial charge in [-0.05, 0) is 36.8 Å². The van der Waals surface area contributed by atoms with Gasteiger partial charge < -0.3 is 10.2 Å². The van der Waals surface area contributed by atoms with E-state index in [1.807, 2.05) is 0 Å². The van der Waals surface area contributed by atoms with Crippen LogP contribution in [0.4, 0.5) is 0 Å². The van der Waals surface area contributed by atoms with Crippen LogP contribution in [0.3, 0.4) is 0 Å². The zero-order valence-corrected chi connectivity index (χ0v) is 12.0. The second-order valence-corrected chi connectivity index (χ2v) is 5.38. The van der Waals surface area contributed by atoms with Gasteiger partial charge >= 0.3 is 0 Å². The highest BCUT2D eigenvalue weighted by Gasteiger charge is 2.09. The minimum absolute atomic E-state index is 0.946. The van der Waals surface area contributed by atoms with Gasteiger partial charge in [0.2, 0.25) is 0 Å². The standard InChI is InChI=1S/C14H21N3S/c1-17-11-3-9-15-14(17)16-10-8-12-4-6-13(18-2)7-5-12/h4-7H,3,8-11H2,1-2H3,(H,15,16). The van der Waals surface area contributed by atoms with Gasteiger partial charge in [-0.25, -0.2) is 0 Å². The highest BCUT2D eigenvalue weighted by atomic mass is 32.2. The van der Waals surface area contributed by atoms with Gasteiger partial charge in [0.25, 0.3) is 0 Å². The number of hydrogen-bond donors (Lipinski definition) is 1. The molecule has 0 radical (unpaired) electrons. The maximum atomic E-state index is 4.50. The molecule has 0 atom stereocenters. The highest BCUT2D eigenvalue weighted by Crippen LogP contribution is 2.14. The summed E-state index contributed by atoms with van der Waals surface area (Å²) in [6, 6.07) is 8.79. The number of nitrogens with one attached hydrogen (secondary N) is 1. The van der Waals surface area contributed by atoms with Gasteiger partial charge in [0.15, 0.2) is 5.96 Å². The van der Waals surface area contributed by atoms with E-state index in [4.69, 9.17) is 0 Å². The molecule has 0 amide bonds. The minimum Gasteiger partial charge on any atom is -0.356 e. The Bertz CT molecular complexity index is 400. The van der Waals surface area contributed by atoms with Gasteiger partial charge in [-0.2, -0.15) is 0 Å². The molecule has 1 aliphatic heterocycles. The summed E-state index contributed by atoms with van der Waals surface area (Å²) in [6.07, 6.45) is 4.31. The van der Waals surface area contributed by atoms with Crippen LogP contribution in [0.25, 0.3) is 0 Å². The van der Waals surface area contributed by atoms with Crippen LogP contribution in [0.2, 0.25) is 0 Å². The number of thioether (sulfide) groups is 1. The van der Waals surface area contributed by atoms with Crippen LogP contribution >= 0.6 is 11.8 Å². The van der Waals surface area contributed by atoms with Gasteiger partial charge in [-0.15, -0.1) is 11.8 Å². The second-order valence-electron chi connectivity index (χ2n) is 4.51. The molecule has 1 aromatic rings. The molecule has 0 saturated heterocycles. The Morgan fingerprint density at radius 1 is 1.33 bits per heavy atom. The third-order valence-corrected chi connectivity index (χ3v) is 3.87. The van der Waals surface area contributed by atoms with Crippen LogP contribution in [0.1, 0.15) is 12.0 Å². The number of benzene rings is 1. The van der Waals surface area contributed by atoms with Crippen molar-refractivity contribution >= 4 is 17.7 Å². The SMILES string of the molecule is CSc1ccc(CCNC2=NCCCN2C)cc1. The van der Waals surface area contributed by atoms with Crippen LogP contribution in [-0.4, -0.2) is 43.8 Å². The van der Waals surface area contributed by atoms with E-state index < -0.39 is 0 Å². The molecule has 1 aliphatic rings. The van der Waals surface area contributed by atoms with Crippen molar-refractivity contribution in [2.75, 3.05) is 32.9 Å². The molecule has 4 heteroatoms. The minimum atomic E-state index is 0.946. The average Bonchev–Trinajstić information content (AvgIpc) is 2.42. The van der Waals surface area contributed by atoms with E-state index in [1.165, 1.54) is 10.5 Å². The van der Waals surface area contributed by atoms with Crippen molar-refractivity contribution in [3.8, 4) is 0 Å². The van der Waals surface area contributed by atoms with E-state index in [2.05, 4.69) is 52.8 Å². The molecule has 1 N–H and O–H groups in total. The Labute approximate surface area is 114 Å². The van der Waals surface area contributed by atoms with Crippen LogP contribution in [0.5, 0.6) is 0 Å². The first-order valence-corrected chi connectivity index (χ1v) is 7.64. The van der Waals surface area contributed by atoms with Gasteiger partial charge in [0, 0.05) is 31.6 Å². The summed E-state index contributed by atoms with van der Waals surface area (Å²) in [5, 5.41) is 3.42. The topological polar surface area (TPSA) is 27.6 Å². The third-order valence-electron chi connectivity index (χ3n) is 3.13. The smallest absolute Gasteiger partial charge is 0.193 e. The molecule has 18 heavy (non-hydrogen) atoms. The normalized spacial score (nSPS) is 15.4. The molecular weight excluding hydrogens is 242 g/mol. The van der Waals surface area contributed by atoms with E-state index in [9.17, 15) is 0 Å². The lowest BCUT2D eigenvalue weighted by Gasteiger charge is -2.25. The third kappa shape index (κ3) is 3.67. The summed E-state index contributed by atoms with van der Waals surface area (Å²) in [4.78, 5) is 8.01. The van der Waals surface area contributed by atoms with Crippen molar-refractivity contribution in [3.63, 3.8) is 0 Å². The zero-order chi connectivity index (χ0) is 12.8. The van der Waals surface area contributed by atoms with E-state index >= 15 is 0 Å². The molecule has 0 aliphatic carbocycles. The maximum Gasteiger partial charge on any atom is 0.193 e. The summed E-state index contributed by atoms with van der Waals surface area (Å²) in [5.74, 6) is 1.04. The monoisotopic (exact) mass is 263 g/mol. The molecule has 3 nitrogen and oxygen atoms in total. The Morgan fingerprint density at radius 2 is 2.11 bits per heavy atom. The first kappa shape index (κ1) is 13.3. The van der Waals surface area contributed by atoms with Crippen molar-refractivity contribution in [2.45, 2.75) is 17.7 Å². The van der Waals surface area contributed by atoms with Crippen LogP contribution < -0.4 is 5.32 Å². The van der Waals surface area contributed by atoms with E-state index in [-0.39, 0.29) is 0 Å². The first-order valence-electron chi connectivity index (χ1n) is 6.42. The predicted octanol–water partition coefficient (Wildman–Crippen LogP) is 2.23. The quantitative estimate of drug-likeness (QED) is 0.844. The molecule has 0 saturated carbocycles. The summed E-state index contributed by atoms with van der Waals surface area (Å²) < 4.78 is 0. The molecular formula is C14H21N3S. The molecule has 1 heterocycles. The lowest BCUT2D eigenvalue weighted by Crippen LogP contribution is -2.42. The molecule has 0 fully saturated rings. The molecule has 0 unspecified atom stereocenters. The van der Waals surface area contributed by atoms with E-state index in [0.717, 1.165) is 38.4 Å². The first-order chi connectivity index (χ1) is 8.79. The Hall–Kier alpha value is -1.16. The summed E-state index contributed by atoms with van der Waals surface area (Å²) in [7, 11) is 2.10. The fourth-order valence-corrected chi connectivity index (χ4v) is 2.43. The van der Waals surface area contributed by atoms with Crippen LogP contribution in [0, 0.1) is 0 Å². The van der Waals surface area contributed by atoms with E-state index in [0.29, 0.717) is 0 Å². The van der Waals surface area contributed by atoms with Gasteiger partial charge in [0.05, 0.1) is 0 Å². The number of aliphatic imine (C=N–C) groups is 1. The molecule has 0 bridgehead atoms. The number of guanidine groups is 1. The van der Waals surface area contributed by atoms with E-state index in [1.54, 1.807) is 11.8 Å². The van der Waals surface area contributed by atoms with Crippen molar-refractivity contribution in [1.82, 2.24) is 10.2 Å². The van der Waals surface area contributed by atoms with Gasteiger partial charge in [-0.1, -0.05) is 12.1 Å². The molecule has 1 aromatic carbocycles. The van der Waals surface area contributed by atoms with Crippen LogP contribution in [0.15, 0.2) is 34.2 Å². The molecule has 98 valence electrons. The average molecular weight is 263 g/mol. The number of rotatable bonds is 4. The van der Waals surface area contributed by atoms with Crippen LogP contribution in [-0.2, 0) is 6.42 Å². The Balaban J connectivity index is 1.79. The lowest BCUT2D eigenvalue weighted by atomic mass is 10.1. The summed E-state index contributed by atoms with van der Waals surface area (Å²) >= 11 is 1.78. The fraction of sp³-hybridized carbons (Fsp3) is 0.500. The number of nitrogens with zero attached hydrogens (tertiary/aromatic N) is 2. The molecule has 0 spiro atoms. The van der Waals surface area contributed by atoms with Crippen molar-refractivity contribution in [2.24, 2.45) is 4.99 Å². The summed E-state index contributed by atoms with van der Waals surface area (Å²) in [6.45, 7) is 3.01. The molecule has 2 rings (SSSR count). The van der Waals surface area contributed by atoms with Crippen molar-refractivity contribution in [3.05, 3.63) is 29.8 Å². The van der Waals surface area contributed by atoms with Crippen molar-refractivity contribution < 1.29 is 0 Å². The second kappa shape index (κ2) is 6.69. The Kier molecular flexibility index (Phi) is 4.93. The lowest BCUT2D eigenvalue weighted by molar-refractivity contribution is 0.447. The van der Waals surface area contributed by atoms with Gasteiger partial charge in [-0.3, -0.25) is 4.99 Å². The number of hydrogen-bond acceptors (Lipinski definition) is 4. The van der Waals surface area contributed by atoms with Gasteiger partial charge in [0.1, 0.15) is 0 Å². The predicted molar refractivity (Wildman–Crippen MR) is 79.5 cm³/mol. The summed E-state index contributed by atoms with van der Waals surface area (Å²) in [5.41, 5.74) is 1.37. The largest absolute Gasteiger partial charge is 0.356 e. The maximum absolute atomic E-state index is 4.50. The zero-order valence-electron chi connectivity index (χ0n) is 11.1. The highest BCUT2D eigenvalue weighted by molar-refractivity contribution is 7.98. The fourth-order valence-electron chi connectivity index (χ4n) is 2.02.